The summed E-state index contributed by atoms with van der Waals surface area (Å²) >= 11 is 6.02. The number of ether oxygens (including phenoxy) is 2. The number of rotatable bonds is 7. The van der Waals surface area contributed by atoms with Gasteiger partial charge >= 0.3 is 0 Å². The van der Waals surface area contributed by atoms with Crippen LogP contribution in [0.5, 0.6) is 11.5 Å². The lowest BCUT2D eigenvalue weighted by atomic mass is 10.1. The fourth-order valence-corrected chi connectivity index (χ4v) is 2.63. The maximum atomic E-state index is 12.5. The van der Waals surface area contributed by atoms with Crippen LogP contribution in [0.3, 0.4) is 0 Å². The predicted molar refractivity (Wildman–Crippen MR) is 101 cm³/mol. The average molecular weight is 363 g/mol. The Morgan fingerprint density at radius 1 is 1.20 bits per heavy atom. The minimum atomic E-state index is -0.235. The van der Waals surface area contributed by atoms with Gasteiger partial charge in [-0.05, 0) is 43.5 Å². The zero-order valence-electron chi connectivity index (χ0n) is 14.6. The monoisotopic (exact) mass is 362 g/mol. The van der Waals surface area contributed by atoms with Gasteiger partial charge < -0.3 is 20.5 Å². The lowest BCUT2D eigenvalue weighted by Crippen LogP contribution is -2.33. The molecule has 3 N–H and O–H groups in total. The summed E-state index contributed by atoms with van der Waals surface area (Å²) in [6, 6.07) is 11.0. The van der Waals surface area contributed by atoms with Crippen LogP contribution in [0.1, 0.15) is 29.3 Å². The van der Waals surface area contributed by atoms with E-state index in [4.69, 9.17) is 26.8 Å². The third-order valence-corrected chi connectivity index (χ3v) is 4.29. The predicted octanol–water partition coefficient (Wildman–Crippen LogP) is 3.69. The Morgan fingerprint density at radius 2 is 1.88 bits per heavy atom. The second-order valence-corrected chi connectivity index (χ2v) is 6.24. The number of anilines is 1. The van der Waals surface area contributed by atoms with Crippen LogP contribution in [0.4, 0.5) is 5.69 Å². The highest BCUT2D eigenvalue weighted by Gasteiger charge is 2.17. The van der Waals surface area contributed by atoms with Crippen molar-refractivity contribution in [2.75, 3.05) is 20.0 Å². The number of nitrogens with one attached hydrogen (secondary N) is 1. The van der Waals surface area contributed by atoms with Gasteiger partial charge in [0, 0.05) is 12.1 Å². The van der Waals surface area contributed by atoms with E-state index in [2.05, 4.69) is 5.32 Å². The molecule has 5 nitrogen and oxygen atoms in total. The van der Waals surface area contributed by atoms with Crippen LogP contribution in [-0.2, 0) is 6.42 Å². The zero-order chi connectivity index (χ0) is 18.4. The quantitative estimate of drug-likeness (QED) is 0.737. The van der Waals surface area contributed by atoms with E-state index < -0.39 is 0 Å². The third-order valence-electron chi connectivity index (χ3n) is 3.97. The number of carbonyl (C=O) groups excluding carboxylic acids is 1. The molecule has 0 heterocycles. The highest BCUT2D eigenvalue weighted by atomic mass is 35.5. The Hall–Kier alpha value is -2.40. The molecule has 0 aliphatic carbocycles. The third kappa shape index (κ3) is 5.03. The number of carbonyl (C=O) groups is 1. The number of hydrogen-bond acceptors (Lipinski definition) is 4. The molecule has 0 saturated carbocycles. The minimum Gasteiger partial charge on any atom is -0.497 e. The molecular weight excluding hydrogens is 340 g/mol. The molecule has 0 aromatic heterocycles. The van der Waals surface area contributed by atoms with Crippen molar-refractivity contribution in [2.24, 2.45) is 0 Å². The Morgan fingerprint density at radius 3 is 2.48 bits per heavy atom. The van der Waals surface area contributed by atoms with Gasteiger partial charge in [-0.1, -0.05) is 23.7 Å². The van der Waals surface area contributed by atoms with Crippen molar-refractivity contribution < 1.29 is 14.3 Å². The van der Waals surface area contributed by atoms with Crippen LogP contribution in [0.25, 0.3) is 0 Å². The maximum Gasteiger partial charge on any atom is 0.255 e. The number of halogens is 1. The van der Waals surface area contributed by atoms with Gasteiger partial charge in [0.2, 0.25) is 0 Å². The summed E-state index contributed by atoms with van der Waals surface area (Å²) in [5, 5.41) is 3.30. The van der Waals surface area contributed by atoms with Gasteiger partial charge in [-0.15, -0.1) is 0 Å². The molecule has 0 spiro atoms. The molecule has 1 amide bonds. The summed E-state index contributed by atoms with van der Waals surface area (Å²) in [5.74, 6) is 1.00. The molecule has 134 valence electrons. The largest absolute Gasteiger partial charge is 0.497 e. The van der Waals surface area contributed by atoms with Crippen LogP contribution < -0.4 is 20.5 Å². The Kier molecular flexibility index (Phi) is 6.53. The van der Waals surface area contributed by atoms with Crippen molar-refractivity contribution in [2.45, 2.75) is 25.8 Å². The van der Waals surface area contributed by atoms with E-state index in [1.54, 1.807) is 13.2 Å². The second kappa shape index (κ2) is 8.62. The molecule has 0 radical (unpaired) electrons. The van der Waals surface area contributed by atoms with Crippen LogP contribution in [0.15, 0.2) is 36.4 Å². The van der Waals surface area contributed by atoms with Crippen molar-refractivity contribution in [1.29, 1.82) is 0 Å². The first-order valence-electron chi connectivity index (χ1n) is 8.01. The molecular formula is C19H23ClN2O3. The van der Waals surface area contributed by atoms with E-state index in [1.165, 1.54) is 18.7 Å². The number of benzene rings is 2. The molecule has 0 aliphatic rings. The summed E-state index contributed by atoms with van der Waals surface area (Å²) in [6.07, 6.45) is 1.66. The van der Waals surface area contributed by atoms with Crippen molar-refractivity contribution in [3.63, 3.8) is 0 Å². The number of methoxy groups -OCH3 is 2. The summed E-state index contributed by atoms with van der Waals surface area (Å²) in [7, 11) is 3.14. The van der Waals surface area contributed by atoms with Gasteiger partial charge in [0.05, 0.1) is 30.5 Å². The number of hydrogen-bond donors (Lipinski definition) is 2. The number of nitrogen functional groups attached to an aromatic ring is 1. The van der Waals surface area contributed by atoms with Crippen LogP contribution in [-0.4, -0.2) is 26.2 Å². The van der Waals surface area contributed by atoms with Crippen LogP contribution in [0, 0.1) is 0 Å². The standard InChI is InChI=1S/C19H23ClN2O3/c1-12(4-5-13-6-8-14(24-2)9-7-13)22-19(23)15-10-16(20)17(21)11-18(15)25-3/h6-12H,4-5,21H2,1-3H3,(H,22,23). The molecule has 1 unspecified atom stereocenters. The number of nitrogens with two attached hydrogens (primary N) is 1. The fourth-order valence-electron chi connectivity index (χ4n) is 2.46. The molecule has 6 heteroatoms. The molecule has 0 aliphatic heterocycles. The number of amides is 1. The van der Waals surface area contributed by atoms with Gasteiger partial charge in [-0.25, -0.2) is 0 Å². The second-order valence-electron chi connectivity index (χ2n) is 5.84. The van der Waals surface area contributed by atoms with Crippen LogP contribution >= 0.6 is 11.6 Å². The Labute approximate surface area is 153 Å². The summed E-state index contributed by atoms with van der Waals surface area (Å²) in [6.45, 7) is 1.97. The molecule has 0 fully saturated rings. The van der Waals surface area contributed by atoms with E-state index in [0.717, 1.165) is 18.6 Å². The fraction of sp³-hybridized carbons (Fsp3) is 0.316. The van der Waals surface area contributed by atoms with Gasteiger partial charge in [-0.3, -0.25) is 4.79 Å². The molecule has 1 atom stereocenters. The zero-order valence-corrected chi connectivity index (χ0v) is 15.4. The Balaban J connectivity index is 1.96. The van der Waals surface area contributed by atoms with E-state index in [-0.39, 0.29) is 11.9 Å². The van der Waals surface area contributed by atoms with Gasteiger partial charge in [0.15, 0.2) is 0 Å². The van der Waals surface area contributed by atoms with Crippen molar-refractivity contribution >= 4 is 23.2 Å². The highest BCUT2D eigenvalue weighted by Crippen LogP contribution is 2.28. The van der Waals surface area contributed by atoms with E-state index in [1.807, 2.05) is 31.2 Å². The van der Waals surface area contributed by atoms with Gasteiger partial charge in [0.25, 0.3) is 5.91 Å². The smallest absolute Gasteiger partial charge is 0.255 e. The summed E-state index contributed by atoms with van der Waals surface area (Å²) in [5.41, 5.74) is 7.69. The normalized spacial score (nSPS) is 11.7. The summed E-state index contributed by atoms with van der Waals surface area (Å²) < 4.78 is 10.4. The minimum absolute atomic E-state index is 0.00404. The van der Waals surface area contributed by atoms with Crippen molar-refractivity contribution in [3.05, 3.63) is 52.5 Å². The summed E-state index contributed by atoms with van der Waals surface area (Å²) in [4.78, 5) is 12.5. The first-order chi connectivity index (χ1) is 11.9. The van der Waals surface area contributed by atoms with Crippen molar-refractivity contribution in [1.82, 2.24) is 5.32 Å². The molecule has 2 aromatic rings. The maximum absolute atomic E-state index is 12.5. The van der Waals surface area contributed by atoms with E-state index in [9.17, 15) is 4.79 Å². The lowest BCUT2D eigenvalue weighted by Gasteiger charge is -2.16. The molecule has 2 rings (SSSR count). The van der Waals surface area contributed by atoms with Gasteiger partial charge in [0.1, 0.15) is 11.5 Å². The molecule has 0 saturated heterocycles. The van der Waals surface area contributed by atoms with Crippen LogP contribution in [0.2, 0.25) is 5.02 Å². The SMILES string of the molecule is COc1ccc(CCC(C)NC(=O)c2cc(Cl)c(N)cc2OC)cc1. The molecule has 25 heavy (non-hydrogen) atoms. The first-order valence-corrected chi connectivity index (χ1v) is 8.39. The average Bonchev–Trinajstić information content (AvgIpc) is 2.62. The highest BCUT2D eigenvalue weighted by molar-refractivity contribution is 6.33. The Bertz CT molecular complexity index is 732. The first kappa shape index (κ1) is 18.9. The lowest BCUT2D eigenvalue weighted by molar-refractivity contribution is 0.0935. The number of aryl methyl sites for hydroxylation is 1. The molecule has 0 bridgehead atoms. The van der Waals surface area contributed by atoms with Gasteiger partial charge in [-0.2, -0.15) is 0 Å². The topological polar surface area (TPSA) is 73.6 Å². The van der Waals surface area contributed by atoms with E-state index >= 15 is 0 Å². The van der Waals surface area contributed by atoms with Crippen molar-refractivity contribution in [3.8, 4) is 11.5 Å². The van der Waals surface area contributed by atoms with E-state index in [0.29, 0.717) is 22.0 Å². The molecule has 2 aromatic carbocycles.